The highest BCUT2D eigenvalue weighted by Gasteiger charge is 2.14. The first-order valence-corrected chi connectivity index (χ1v) is 8.49. The molecule has 2 heterocycles. The predicted octanol–water partition coefficient (Wildman–Crippen LogP) is 1.90. The third-order valence-electron chi connectivity index (χ3n) is 4.48. The molecule has 0 radical (unpaired) electrons. The van der Waals surface area contributed by atoms with Crippen LogP contribution in [0.15, 0.2) is 42.7 Å². The maximum Gasteiger partial charge on any atom is 0.218 e. The van der Waals surface area contributed by atoms with Crippen molar-refractivity contribution in [3.63, 3.8) is 0 Å². The van der Waals surface area contributed by atoms with Crippen molar-refractivity contribution in [2.45, 2.75) is 19.4 Å². The molecular formula is C19H24N4O2. The van der Waals surface area contributed by atoms with E-state index in [1.54, 1.807) is 7.11 Å². The van der Waals surface area contributed by atoms with Crippen molar-refractivity contribution in [2.24, 2.45) is 5.73 Å². The Bertz CT molecular complexity index is 749. The molecule has 6 heteroatoms. The summed E-state index contributed by atoms with van der Waals surface area (Å²) < 4.78 is 7.14. The molecule has 2 N–H and O–H groups in total. The monoisotopic (exact) mass is 340 g/mol. The molecule has 0 aliphatic carbocycles. The van der Waals surface area contributed by atoms with Gasteiger partial charge in [-0.25, -0.2) is 0 Å². The first kappa shape index (κ1) is 17.2. The zero-order valence-corrected chi connectivity index (χ0v) is 14.5. The van der Waals surface area contributed by atoms with Gasteiger partial charge in [0, 0.05) is 37.8 Å². The number of benzene rings is 1. The molecule has 0 fully saturated rings. The Balaban J connectivity index is 1.58. The third kappa shape index (κ3) is 4.70. The second kappa shape index (κ2) is 7.98. The van der Waals surface area contributed by atoms with Gasteiger partial charge < -0.3 is 10.5 Å². The Morgan fingerprint density at radius 3 is 2.76 bits per heavy atom. The van der Waals surface area contributed by atoms with E-state index in [1.807, 2.05) is 23.0 Å². The van der Waals surface area contributed by atoms with E-state index >= 15 is 0 Å². The summed E-state index contributed by atoms with van der Waals surface area (Å²) in [6.07, 6.45) is 7.62. The quantitative estimate of drug-likeness (QED) is 0.835. The van der Waals surface area contributed by atoms with Gasteiger partial charge in [-0.2, -0.15) is 5.10 Å². The molecule has 1 aliphatic rings. The fraction of sp³-hybridized carbons (Fsp3) is 0.368. The number of nitrogens with zero attached hydrogens (tertiary/aromatic N) is 3. The number of methoxy groups -OCH3 is 1. The summed E-state index contributed by atoms with van der Waals surface area (Å²) in [7, 11) is 1.67. The SMILES string of the molecule is COc1ccc(Cn2cc(C3=CCN(CCC(N)=O)CC3)cn2)cc1. The van der Waals surface area contributed by atoms with Crippen molar-refractivity contribution in [2.75, 3.05) is 26.7 Å². The second-order valence-corrected chi connectivity index (χ2v) is 6.27. The Morgan fingerprint density at radius 2 is 2.12 bits per heavy atom. The molecule has 0 saturated heterocycles. The molecule has 1 aliphatic heterocycles. The minimum absolute atomic E-state index is 0.241. The molecular weight excluding hydrogens is 316 g/mol. The standard InChI is InChI=1S/C19H24N4O2/c1-25-18-4-2-15(3-5-18)13-23-14-17(12-21-23)16-6-9-22(10-7-16)11-8-19(20)24/h2-6,12,14H,7-11,13H2,1H3,(H2,20,24). The lowest BCUT2D eigenvalue weighted by Crippen LogP contribution is -2.31. The molecule has 0 spiro atoms. The van der Waals surface area contributed by atoms with Crippen LogP contribution >= 0.6 is 0 Å². The molecule has 1 amide bonds. The van der Waals surface area contributed by atoms with Gasteiger partial charge in [0.1, 0.15) is 5.75 Å². The smallest absolute Gasteiger partial charge is 0.218 e. The molecule has 3 rings (SSSR count). The molecule has 132 valence electrons. The summed E-state index contributed by atoms with van der Waals surface area (Å²) in [5.74, 6) is 0.618. The summed E-state index contributed by atoms with van der Waals surface area (Å²) in [5, 5.41) is 4.48. The first-order valence-electron chi connectivity index (χ1n) is 8.49. The topological polar surface area (TPSA) is 73.4 Å². The highest BCUT2D eigenvalue weighted by atomic mass is 16.5. The van der Waals surface area contributed by atoms with Gasteiger partial charge >= 0.3 is 0 Å². The number of rotatable bonds is 7. The van der Waals surface area contributed by atoms with E-state index in [0.717, 1.165) is 38.3 Å². The zero-order chi connectivity index (χ0) is 17.6. The minimum Gasteiger partial charge on any atom is -0.497 e. The predicted molar refractivity (Wildman–Crippen MR) is 97.2 cm³/mol. The van der Waals surface area contributed by atoms with Crippen LogP contribution < -0.4 is 10.5 Å². The number of carbonyl (C=O) groups excluding carboxylic acids is 1. The van der Waals surface area contributed by atoms with Crippen LogP contribution in [0, 0.1) is 0 Å². The Morgan fingerprint density at radius 1 is 1.32 bits per heavy atom. The molecule has 0 saturated carbocycles. The number of hydrogen-bond acceptors (Lipinski definition) is 4. The Kier molecular flexibility index (Phi) is 5.50. The summed E-state index contributed by atoms with van der Waals surface area (Å²) in [6, 6.07) is 8.03. The van der Waals surface area contributed by atoms with Gasteiger partial charge in [-0.1, -0.05) is 18.2 Å². The number of carbonyl (C=O) groups is 1. The fourth-order valence-electron chi connectivity index (χ4n) is 2.98. The van der Waals surface area contributed by atoms with Crippen molar-refractivity contribution in [3.8, 4) is 5.75 Å². The Labute approximate surface area is 147 Å². The average Bonchev–Trinajstić information content (AvgIpc) is 3.09. The highest BCUT2D eigenvalue weighted by molar-refractivity contribution is 5.74. The summed E-state index contributed by atoms with van der Waals surface area (Å²) in [4.78, 5) is 13.1. The van der Waals surface area contributed by atoms with Gasteiger partial charge in [-0.05, 0) is 29.7 Å². The van der Waals surface area contributed by atoms with Crippen LogP contribution in [0.2, 0.25) is 0 Å². The van der Waals surface area contributed by atoms with Crippen molar-refractivity contribution < 1.29 is 9.53 Å². The number of aromatic nitrogens is 2. The van der Waals surface area contributed by atoms with Crippen molar-refractivity contribution in [1.82, 2.24) is 14.7 Å². The zero-order valence-electron chi connectivity index (χ0n) is 14.5. The summed E-state index contributed by atoms with van der Waals surface area (Å²) in [5.41, 5.74) is 8.88. The van der Waals surface area contributed by atoms with Gasteiger partial charge in [0.25, 0.3) is 0 Å². The van der Waals surface area contributed by atoms with Crippen molar-refractivity contribution >= 4 is 11.5 Å². The van der Waals surface area contributed by atoms with E-state index in [2.05, 4.69) is 34.4 Å². The summed E-state index contributed by atoms with van der Waals surface area (Å²) in [6.45, 7) is 3.27. The molecule has 1 aromatic carbocycles. The van der Waals surface area contributed by atoms with Crippen LogP contribution in [-0.4, -0.2) is 47.3 Å². The maximum absolute atomic E-state index is 10.9. The van der Waals surface area contributed by atoms with E-state index in [4.69, 9.17) is 10.5 Å². The van der Waals surface area contributed by atoms with Gasteiger partial charge in [0.15, 0.2) is 0 Å². The van der Waals surface area contributed by atoms with E-state index < -0.39 is 0 Å². The van der Waals surface area contributed by atoms with Crippen LogP contribution in [0.25, 0.3) is 5.57 Å². The molecule has 0 unspecified atom stereocenters. The number of primary amides is 1. The molecule has 6 nitrogen and oxygen atoms in total. The Hall–Kier alpha value is -2.60. The highest BCUT2D eigenvalue weighted by Crippen LogP contribution is 2.22. The summed E-state index contributed by atoms with van der Waals surface area (Å²) >= 11 is 0. The van der Waals surface area contributed by atoms with Crippen LogP contribution in [0.3, 0.4) is 0 Å². The molecule has 0 bridgehead atoms. The maximum atomic E-state index is 10.9. The van der Waals surface area contributed by atoms with Crippen LogP contribution in [0.5, 0.6) is 5.75 Å². The largest absolute Gasteiger partial charge is 0.497 e. The van der Waals surface area contributed by atoms with Gasteiger partial charge in [-0.15, -0.1) is 0 Å². The number of amides is 1. The lowest BCUT2D eigenvalue weighted by molar-refractivity contribution is -0.118. The lowest BCUT2D eigenvalue weighted by Gasteiger charge is -2.25. The van der Waals surface area contributed by atoms with Crippen LogP contribution in [0.1, 0.15) is 24.0 Å². The van der Waals surface area contributed by atoms with E-state index in [1.165, 1.54) is 16.7 Å². The first-order chi connectivity index (χ1) is 12.1. The van der Waals surface area contributed by atoms with E-state index in [9.17, 15) is 4.79 Å². The van der Waals surface area contributed by atoms with Gasteiger partial charge in [-0.3, -0.25) is 14.4 Å². The van der Waals surface area contributed by atoms with Crippen LogP contribution in [0.4, 0.5) is 0 Å². The number of ether oxygens (including phenoxy) is 1. The van der Waals surface area contributed by atoms with Gasteiger partial charge in [0.05, 0.1) is 19.9 Å². The molecule has 25 heavy (non-hydrogen) atoms. The average molecular weight is 340 g/mol. The van der Waals surface area contributed by atoms with Gasteiger partial charge in [0.2, 0.25) is 5.91 Å². The van der Waals surface area contributed by atoms with E-state index in [0.29, 0.717) is 6.42 Å². The molecule has 0 atom stereocenters. The lowest BCUT2D eigenvalue weighted by atomic mass is 10.0. The molecule has 2 aromatic rings. The molecule has 1 aromatic heterocycles. The van der Waals surface area contributed by atoms with Crippen LogP contribution in [-0.2, 0) is 11.3 Å². The number of nitrogens with two attached hydrogens (primary N) is 1. The third-order valence-corrected chi connectivity index (χ3v) is 4.48. The fourth-order valence-corrected chi connectivity index (χ4v) is 2.98. The minimum atomic E-state index is -0.241. The normalized spacial score (nSPS) is 15.0. The van der Waals surface area contributed by atoms with Crippen molar-refractivity contribution in [3.05, 3.63) is 53.9 Å². The number of hydrogen-bond donors (Lipinski definition) is 1. The van der Waals surface area contributed by atoms with Crippen molar-refractivity contribution in [1.29, 1.82) is 0 Å². The second-order valence-electron chi connectivity index (χ2n) is 6.27. The van der Waals surface area contributed by atoms with E-state index in [-0.39, 0.29) is 5.91 Å².